The third-order valence-electron chi connectivity index (χ3n) is 1.66. The number of aromatic nitrogens is 2. The largest absolute Gasteiger partial charge is 0.481 e. The van der Waals surface area contributed by atoms with Crippen molar-refractivity contribution >= 4 is 21.9 Å². The maximum Gasteiger partial charge on any atom is 0.309 e. The number of hydrogen-bond donors (Lipinski definition) is 2. The lowest BCUT2D eigenvalue weighted by Crippen LogP contribution is -2.04. The van der Waals surface area contributed by atoms with Gasteiger partial charge in [0.25, 0.3) is 0 Å². The molecule has 5 heteroatoms. The maximum atomic E-state index is 10.5. The van der Waals surface area contributed by atoms with Crippen LogP contribution in [0.25, 0.3) is 0 Å². The zero-order valence-corrected chi connectivity index (χ0v) is 9.05. The minimum Gasteiger partial charge on any atom is -0.481 e. The van der Waals surface area contributed by atoms with Crippen LogP contribution in [0, 0.1) is 0 Å². The van der Waals surface area contributed by atoms with Gasteiger partial charge in [0.05, 0.1) is 17.8 Å². The second kappa shape index (κ2) is 3.91. The smallest absolute Gasteiger partial charge is 0.309 e. The van der Waals surface area contributed by atoms with E-state index < -0.39 is 5.97 Å². The molecular weight excluding hydrogens is 236 g/mol. The molecule has 4 nitrogen and oxygen atoms in total. The van der Waals surface area contributed by atoms with E-state index in [4.69, 9.17) is 5.11 Å². The van der Waals surface area contributed by atoms with Crippen molar-refractivity contribution in [1.29, 1.82) is 0 Å². The summed E-state index contributed by atoms with van der Waals surface area (Å²) >= 11 is 3.18. The normalized spacial score (nSPS) is 10.8. The zero-order chi connectivity index (χ0) is 10.0. The molecule has 0 spiro atoms. The predicted molar refractivity (Wildman–Crippen MR) is 51.7 cm³/mol. The maximum absolute atomic E-state index is 10.5. The number of halogens is 1. The Kier molecular flexibility index (Phi) is 3.08. The molecule has 0 fully saturated rings. The number of hydrogen-bond acceptors (Lipinski definition) is 2. The van der Waals surface area contributed by atoms with Crippen molar-refractivity contribution in [3.63, 3.8) is 0 Å². The summed E-state index contributed by atoms with van der Waals surface area (Å²) in [5.41, 5.74) is 1.49. The lowest BCUT2D eigenvalue weighted by Gasteiger charge is -2.02. The van der Waals surface area contributed by atoms with Crippen molar-refractivity contribution in [3.05, 3.63) is 16.1 Å². The van der Waals surface area contributed by atoms with E-state index in [1.165, 1.54) is 0 Å². The monoisotopic (exact) mass is 246 g/mol. The number of carbonyl (C=O) groups is 1. The van der Waals surface area contributed by atoms with E-state index >= 15 is 0 Å². The van der Waals surface area contributed by atoms with Gasteiger partial charge in [0.2, 0.25) is 0 Å². The molecule has 13 heavy (non-hydrogen) atoms. The summed E-state index contributed by atoms with van der Waals surface area (Å²) in [6.07, 6.45) is -0.00782. The van der Waals surface area contributed by atoms with Gasteiger partial charge in [0, 0.05) is 0 Å². The lowest BCUT2D eigenvalue weighted by molar-refractivity contribution is -0.136. The molecule has 0 unspecified atom stereocenters. The van der Waals surface area contributed by atoms with Gasteiger partial charge in [0.15, 0.2) is 4.73 Å². The average molecular weight is 247 g/mol. The van der Waals surface area contributed by atoms with E-state index in [9.17, 15) is 4.79 Å². The Morgan fingerprint density at radius 1 is 1.69 bits per heavy atom. The second-order valence-corrected chi connectivity index (χ2v) is 3.87. The lowest BCUT2D eigenvalue weighted by atomic mass is 10.1. The molecule has 0 saturated carbocycles. The third-order valence-corrected chi connectivity index (χ3v) is 2.03. The molecule has 72 valence electrons. The summed E-state index contributed by atoms with van der Waals surface area (Å²) in [7, 11) is 0. The number of carboxylic acids is 1. The van der Waals surface area contributed by atoms with Gasteiger partial charge < -0.3 is 10.1 Å². The summed E-state index contributed by atoms with van der Waals surface area (Å²) in [4.78, 5) is 17.5. The Balaban J connectivity index is 2.97. The van der Waals surface area contributed by atoms with E-state index in [-0.39, 0.29) is 12.3 Å². The van der Waals surface area contributed by atoms with E-state index in [0.29, 0.717) is 10.4 Å². The minimum absolute atomic E-state index is 0.00782. The van der Waals surface area contributed by atoms with Crippen LogP contribution in [0.3, 0.4) is 0 Å². The highest BCUT2D eigenvalue weighted by molar-refractivity contribution is 9.10. The van der Waals surface area contributed by atoms with E-state index in [0.717, 1.165) is 5.69 Å². The van der Waals surface area contributed by atoms with Crippen LogP contribution in [0.1, 0.15) is 31.2 Å². The van der Waals surface area contributed by atoms with Gasteiger partial charge >= 0.3 is 5.97 Å². The van der Waals surface area contributed by atoms with E-state index in [1.54, 1.807) is 0 Å². The molecule has 0 aliphatic rings. The molecule has 0 amide bonds. The van der Waals surface area contributed by atoms with Gasteiger partial charge in [-0.2, -0.15) is 0 Å². The SMILES string of the molecule is CC(C)c1nc(Br)[nH]c1CC(=O)O. The van der Waals surface area contributed by atoms with Crippen LogP contribution in [0.2, 0.25) is 0 Å². The Labute approximate surface area is 84.5 Å². The van der Waals surface area contributed by atoms with Crippen molar-refractivity contribution in [2.45, 2.75) is 26.2 Å². The van der Waals surface area contributed by atoms with Crippen LogP contribution in [0.5, 0.6) is 0 Å². The number of aromatic amines is 1. The van der Waals surface area contributed by atoms with Gasteiger partial charge in [-0.25, -0.2) is 4.98 Å². The highest BCUT2D eigenvalue weighted by atomic mass is 79.9. The highest BCUT2D eigenvalue weighted by Gasteiger charge is 2.14. The number of imidazole rings is 1. The van der Waals surface area contributed by atoms with Crippen LogP contribution < -0.4 is 0 Å². The topological polar surface area (TPSA) is 66.0 Å². The van der Waals surface area contributed by atoms with Gasteiger partial charge in [-0.05, 0) is 21.8 Å². The summed E-state index contributed by atoms with van der Waals surface area (Å²) in [6.45, 7) is 3.96. The molecule has 0 atom stereocenters. The van der Waals surface area contributed by atoms with E-state index in [1.807, 2.05) is 13.8 Å². The summed E-state index contributed by atoms with van der Waals surface area (Å²) in [5, 5.41) is 8.62. The van der Waals surface area contributed by atoms with Gasteiger partial charge in [-0.1, -0.05) is 13.8 Å². The first kappa shape index (κ1) is 10.2. The first-order chi connectivity index (χ1) is 6.00. The molecule has 0 aliphatic heterocycles. The molecule has 1 rings (SSSR count). The summed E-state index contributed by atoms with van der Waals surface area (Å²) < 4.78 is 0.590. The third kappa shape index (κ3) is 2.55. The van der Waals surface area contributed by atoms with Crippen molar-refractivity contribution in [3.8, 4) is 0 Å². The summed E-state index contributed by atoms with van der Waals surface area (Å²) in [6, 6.07) is 0. The second-order valence-electron chi connectivity index (χ2n) is 3.12. The number of H-pyrrole nitrogens is 1. The van der Waals surface area contributed by atoms with E-state index in [2.05, 4.69) is 25.9 Å². The predicted octanol–water partition coefficient (Wildman–Crippen LogP) is 1.92. The Morgan fingerprint density at radius 2 is 2.31 bits per heavy atom. The Morgan fingerprint density at radius 3 is 2.77 bits per heavy atom. The van der Waals surface area contributed by atoms with Gasteiger partial charge in [0.1, 0.15) is 0 Å². The Hall–Kier alpha value is -0.840. The fourth-order valence-corrected chi connectivity index (χ4v) is 1.58. The first-order valence-corrected chi connectivity index (χ1v) is 4.76. The molecule has 0 bridgehead atoms. The standard InChI is InChI=1S/C8H11BrN2O2/c1-4(2)7-5(3-6(12)13)10-8(9)11-7/h4H,3H2,1-2H3,(H,10,11)(H,12,13). The van der Waals surface area contributed by atoms with Crippen LogP contribution in [0.4, 0.5) is 0 Å². The van der Waals surface area contributed by atoms with Crippen LogP contribution in [-0.4, -0.2) is 21.0 Å². The highest BCUT2D eigenvalue weighted by Crippen LogP contribution is 2.19. The number of nitrogens with one attached hydrogen (secondary N) is 1. The molecule has 2 N–H and O–H groups in total. The van der Waals surface area contributed by atoms with Crippen molar-refractivity contribution in [1.82, 2.24) is 9.97 Å². The quantitative estimate of drug-likeness (QED) is 0.857. The number of nitrogens with zero attached hydrogens (tertiary/aromatic N) is 1. The first-order valence-electron chi connectivity index (χ1n) is 3.96. The van der Waals surface area contributed by atoms with Crippen LogP contribution in [-0.2, 0) is 11.2 Å². The van der Waals surface area contributed by atoms with Gasteiger partial charge in [-0.3, -0.25) is 4.79 Å². The zero-order valence-electron chi connectivity index (χ0n) is 7.47. The van der Waals surface area contributed by atoms with Crippen LogP contribution >= 0.6 is 15.9 Å². The summed E-state index contributed by atoms with van der Waals surface area (Å²) in [5.74, 6) is -0.616. The number of aliphatic carboxylic acids is 1. The molecule has 0 saturated heterocycles. The molecule has 1 aromatic heterocycles. The molecule has 0 aliphatic carbocycles. The average Bonchev–Trinajstić information content (AvgIpc) is 2.29. The molecule has 0 aromatic carbocycles. The fourth-order valence-electron chi connectivity index (χ4n) is 1.15. The number of rotatable bonds is 3. The van der Waals surface area contributed by atoms with Gasteiger partial charge in [-0.15, -0.1) is 0 Å². The van der Waals surface area contributed by atoms with Crippen molar-refractivity contribution in [2.24, 2.45) is 0 Å². The van der Waals surface area contributed by atoms with Crippen LogP contribution in [0.15, 0.2) is 4.73 Å². The molecule has 1 heterocycles. The Bertz CT molecular complexity index is 320. The molecule has 1 aromatic rings. The fraction of sp³-hybridized carbons (Fsp3) is 0.500. The minimum atomic E-state index is -0.849. The van der Waals surface area contributed by atoms with Crippen molar-refractivity contribution < 1.29 is 9.90 Å². The van der Waals surface area contributed by atoms with Crippen molar-refractivity contribution in [2.75, 3.05) is 0 Å². The number of carboxylic acid groups (broad SMARTS) is 1. The molecular formula is C8H11BrN2O2. The molecule has 0 radical (unpaired) electrons.